The van der Waals surface area contributed by atoms with E-state index in [1.165, 1.54) is 0 Å². The number of rotatable bonds is 3. The predicted molar refractivity (Wildman–Crippen MR) is 94.3 cm³/mol. The van der Waals surface area contributed by atoms with Gasteiger partial charge in [-0.1, -0.05) is 52.5 Å². The van der Waals surface area contributed by atoms with Crippen LogP contribution in [0.25, 0.3) is 0 Å². The number of aryl methyl sites for hydroxylation is 1. The van der Waals surface area contributed by atoms with Crippen LogP contribution >= 0.6 is 34.8 Å². The quantitative estimate of drug-likeness (QED) is 0.817. The lowest BCUT2D eigenvalue weighted by molar-refractivity contribution is -0.0826. The Labute approximate surface area is 152 Å². The molecule has 23 heavy (non-hydrogen) atoms. The number of benzene rings is 1. The SMILES string of the molecule is Cc1cccc(C(=O)N[C@H](N2C[C@@H](C)O[C@H](C)C2)C(Cl)(Cl)Cl)c1. The average molecular weight is 380 g/mol. The van der Waals surface area contributed by atoms with Gasteiger partial charge in [-0.15, -0.1) is 0 Å². The number of hydrogen-bond donors (Lipinski definition) is 1. The molecule has 0 bridgehead atoms. The Morgan fingerprint density at radius 3 is 2.43 bits per heavy atom. The van der Waals surface area contributed by atoms with Gasteiger partial charge in [0.25, 0.3) is 5.91 Å². The fraction of sp³-hybridized carbons (Fsp3) is 0.562. The van der Waals surface area contributed by atoms with Crippen molar-refractivity contribution in [3.8, 4) is 0 Å². The minimum atomic E-state index is -1.64. The molecule has 1 fully saturated rings. The zero-order valence-electron chi connectivity index (χ0n) is 13.4. The van der Waals surface area contributed by atoms with Crippen molar-refractivity contribution in [3.05, 3.63) is 35.4 Å². The summed E-state index contributed by atoms with van der Waals surface area (Å²) in [5.41, 5.74) is 1.54. The molecular formula is C16H21Cl3N2O2. The summed E-state index contributed by atoms with van der Waals surface area (Å²) in [5.74, 6) is -0.267. The highest BCUT2D eigenvalue weighted by Gasteiger charge is 2.41. The number of morpholine rings is 1. The summed E-state index contributed by atoms with van der Waals surface area (Å²) in [5, 5.41) is 2.85. The van der Waals surface area contributed by atoms with Gasteiger partial charge in [-0.3, -0.25) is 9.69 Å². The van der Waals surface area contributed by atoms with Crippen molar-refractivity contribution in [3.63, 3.8) is 0 Å². The summed E-state index contributed by atoms with van der Waals surface area (Å²) in [7, 11) is 0. The molecule has 4 nitrogen and oxygen atoms in total. The van der Waals surface area contributed by atoms with Crippen molar-refractivity contribution in [2.75, 3.05) is 13.1 Å². The maximum atomic E-state index is 12.5. The Morgan fingerprint density at radius 2 is 1.91 bits per heavy atom. The number of halogens is 3. The summed E-state index contributed by atoms with van der Waals surface area (Å²) in [6, 6.07) is 7.29. The largest absolute Gasteiger partial charge is 0.373 e. The van der Waals surface area contributed by atoms with Gasteiger partial charge in [0.1, 0.15) is 6.17 Å². The van der Waals surface area contributed by atoms with E-state index in [0.29, 0.717) is 18.7 Å². The molecular weight excluding hydrogens is 359 g/mol. The van der Waals surface area contributed by atoms with Crippen molar-refractivity contribution >= 4 is 40.7 Å². The van der Waals surface area contributed by atoms with Gasteiger partial charge in [0.2, 0.25) is 3.79 Å². The fourth-order valence-corrected chi connectivity index (χ4v) is 3.38. The van der Waals surface area contributed by atoms with Crippen LogP contribution in [0.4, 0.5) is 0 Å². The first-order valence-electron chi connectivity index (χ1n) is 7.50. The number of nitrogens with one attached hydrogen (secondary N) is 1. The number of carbonyl (C=O) groups excluding carboxylic acids is 1. The van der Waals surface area contributed by atoms with E-state index in [0.717, 1.165) is 5.56 Å². The summed E-state index contributed by atoms with van der Waals surface area (Å²) >= 11 is 18.4. The average Bonchev–Trinajstić information content (AvgIpc) is 2.42. The zero-order chi connectivity index (χ0) is 17.2. The molecule has 0 aromatic heterocycles. The lowest BCUT2D eigenvalue weighted by Gasteiger charge is -2.42. The third kappa shape index (κ3) is 5.23. The standard InChI is InChI=1S/C16H21Cl3N2O2/c1-10-5-4-6-13(7-10)14(22)20-15(16(17,18)19)21-8-11(2)23-12(3)9-21/h4-7,11-12,15H,8-9H2,1-3H3,(H,20,22)/t11-,12-,15-/m1/s1. The molecule has 1 aliphatic heterocycles. The molecule has 0 unspecified atom stereocenters. The molecule has 1 aliphatic rings. The van der Waals surface area contributed by atoms with E-state index in [1.54, 1.807) is 12.1 Å². The lowest BCUT2D eigenvalue weighted by atomic mass is 10.1. The molecule has 128 valence electrons. The number of nitrogens with zero attached hydrogens (tertiary/aromatic N) is 1. The smallest absolute Gasteiger partial charge is 0.252 e. The summed E-state index contributed by atoms with van der Waals surface area (Å²) in [6.45, 7) is 7.00. The highest BCUT2D eigenvalue weighted by Crippen LogP contribution is 2.33. The summed E-state index contributed by atoms with van der Waals surface area (Å²) in [4.78, 5) is 14.5. The molecule has 1 aromatic rings. The molecule has 0 aliphatic carbocycles. The van der Waals surface area contributed by atoms with Crippen LogP contribution in [0, 0.1) is 6.92 Å². The fourth-order valence-electron chi connectivity index (χ4n) is 2.80. The second kappa shape index (κ2) is 7.58. The zero-order valence-corrected chi connectivity index (χ0v) is 15.6. The number of hydrogen-bond acceptors (Lipinski definition) is 3. The molecule has 1 saturated heterocycles. The van der Waals surface area contributed by atoms with Crippen LogP contribution in [0.1, 0.15) is 29.8 Å². The van der Waals surface area contributed by atoms with Gasteiger partial charge in [-0.2, -0.15) is 0 Å². The number of carbonyl (C=O) groups is 1. The molecule has 1 N–H and O–H groups in total. The van der Waals surface area contributed by atoms with E-state index in [9.17, 15) is 4.79 Å². The minimum Gasteiger partial charge on any atom is -0.373 e. The maximum Gasteiger partial charge on any atom is 0.252 e. The van der Waals surface area contributed by atoms with Gasteiger partial charge < -0.3 is 10.1 Å². The maximum absolute atomic E-state index is 12.5. The van der Waals surface area contributed by atoms with Gasteiger partial charge in [0.05, 0.1) is 12.2 Å². The topological polar surface area (TPSA) is 41.6 Å². The Bertz CT molecular complexity index is 553. The molecule has 1 aromatic carbocycles. The van der Waals surface area contributed by atoms with Crippen molar-refractivity contribution in [1.29, 1.82) is 0 Å². The second-order valence-corrected chi connectivity index (χ2v) is 8.37. The number of ether oxygens (including phenoxy) is 1. The number of alkyl halides is 3. The Balaban J connectivity index is 2.17. The summed E-state index contributed by atoms with van der Waals surface area (Å²) in [6.07, 6.45) is -0.719. The van der Waals surface area contributed by atoms with Gasteiger partial charge in [0, 0.05) is 18.7 Å². The normalized spacial score (nSPS) is 24.3. The Hall–Kier alpha value is -0.520. The van der Waals surface area contributed by atoms with E-state index in [1.807, 2.05) is 37.8 Å². The first-order valence-corrected chi connectivity index (χ1v) is 8.64. The minimum absolute atomic E-state index is 0.00414. The predicted octanol–water partition coefficient (Wildman–Crippen LogP) is 3.53. The van der Waals surface area contributed by atoms with Gasteiger partial charge >= 0.3 is 0 Å². The van der Waals surface area contributed by atoms with Crippen LogP contribution < -0.4 is 5.32 Å². The van der Waals surface area contributed by atoms with Gasteiger partial charge in [-0.05, 0) is 32.9 Å². The van der Waals surface area contributed by atoms with Crippen LogP contribution in [0.5, 0.6) is 0 Å². The van der Waals surface area contributed by atoms with Crippen molar-refractivity contribution in [2.45, 2.75) is 42.9 Å². The van der Waals surface area contributed by atoms with Crippen molar-refractivity contribution < 1.29 is 9.53 Å². The van der Waals surface area contributed by atoms with E-state index < -0.39 is 9.96 Å². The molecule has 0 radical (unpaired) electrons. The van der Waals surface area contributed by atoms with Crippen LogP contribution in [-0.2, 0) is 4.74 Å². The van der Waals surface area contributed by atoms with Crippen LogP contribution in [0.15, 0.2) is 24.3 Å². The highest BCUT2D eigenvalue weighted by atomic mass is 35.6. The Morgan fingerprint density at radius 1 is 1.30 bits per heavy atom. The van der Waals surface area contributed by atoms with Crippen LogP contribution in [0.2, 0.25) is 0 Å². The van der Waals surface area contributed by atoms with Gasteiger partial charge in [0.15, 0.2) is 0 Å². The van der Waals surface area contributed by atoms with Crippen LogP contribution in [-0.4, -0.2) is 46.1 Å². The monoisotopic (exact) mass is 378 g/mol. The van der Waals surface area contributed by atoms with Crippen molar-refractivity contribution in [1.82, 2.24) is 10.2 Å². The molecule has 0 spiro atoms. The molecule has 0 saturated carbocycles. The molecule has 2 rings (SSSR count). The lowest BCUT2D eigenvalue weighted by Crippen LogP contribution is -2.60. The molecule has 7 heteroatoms. The van der Waals surface area contributed by atoms with E-state index in [2.05, 4.69) is 5.32 Å². The third-order valence-electron chi connectivity index (χ3n) is 3.67. The Kier molecular flexibility index (Phi) is 6.20. The first-order chi connectivity index (χ1) is 10.7. The van der Waals surface area contributed by atoms with E-state index in [-0.39, 0.29) is 18.1 Å². The molecule has 1 heterocycles. The van der Waals surface area contributed by atoms with Gasteiger partial charge in [-0.25, -0.2) is 0 Å². The summed E-state index contributed by atoms with van der Waals surface area (Å²) < 4.78 is 4.06. The highest BCUT2D eigenvalue weighted by molar-refractivity contribution is 6.68. The first kappa shape index (κ1) is 18.8. The molecule has 1 amide bonds. The van der Waals surface area contributed by atoms with E-state index in [4.69, 9.17) is 39.5 Å². The third-order valence-corrected chi connectivity index (χ3v) is 4.29. The second-order valence-electron chi connectivity index (χ2n) is 6.00. The van der Waals surface area contributed by atoms with E-state index >= 15 is 0 Å². The van der Waals surface area contributed by atoms with Crippen molar-refractivity contribution in [2.24, 2.45) is 0 Å². The van der Waals surface area contributed by atoms with Crippen LogP contribution in [0.3, 0.4) is 0 Å². The molecule has 3 atom stereocenters. The number of amides is 1.